The second-order valence-corrected chi connectivity index (χ2v) is 5.56. The van der Waals surface area contributed by atoms with E-state index in [4.69, 9.17) is 9.97 Å². The van der Waals surface area contributed by atoms with Crippen LogP contribution in [0, 0.1) is 12.7 Å². The van der Waals surface area contributed by atoms with Crippen molar-refractivity contribution in [1.29, 1.82) is 0 Å². The average Bonchev–Trinajstić information content (AvgIpc) is 2.47. The molecule has 0 fully saturated rings. The summed E-state index contributed by atoms with van der Waals surface area (Å²) in [4.78, 5) is 9.50. The molecular formula is C17H20FN3. The number of fused-ring (bicyclic) bond motifs is 1. The summed E-state index contributed by atoms with van der Waals surface area (Å²) in [5, 5.41) is 3.36. The molecule has 2 aromatic rings. The Morgan fingerprint density at radius 3 is 2.90 bits per heavy atom. The van der Waals surface area contributed by atoms with E-state index in [1.54, 1.807) is 6.07 Å². The predicted molar refractivity (Wildman–Crippen MR) is 81.6 cm³/mol. The Bertz CT molecular complexity index is 667. The molecule has 1 aromatic carbocycles. The molecule has 0 saturated carbocycles. The minimum atomic E-state index is -0.218. The van der Waals surface area contributed by atoms with Crippen molar-refractivity contribution >= 4 is 0 Å². The van der Waals surface area contributed by atoms with Crippen LogP contribution in [0.25, 0.3) is 11.4 Å². The summed E-state index contributed by atoms with van der Waals surface area (Å²) >= 11 is 0. The fourth-order valence-corrected chi connectivity index (χ4v) is 2.88. The topological polar surface area (TPSA) is 37.8 Å². The molecular weight excluding hydrogens is 265 g/mol. The summed E-state index contributed by atoms with van der Waals surface area (Å²) in [6, 6.07) is 4.79. The van der Waals surface area contributed by atoms with Crippen molar-refractivity contribution < 1.29 is 4.39 Å². The first kappa shape index (κ1) is 14.1. The Kier molecular flexibility index (Phi) is 3.97. The molecule has 0 saturated heterocycles. The molecule has 0 atom stereocenters. The SMILES string of the molecule is CCCc1nc(-c2ccc(F)cc2C)nc2c1CCNC2. The van der Waals surface area contributed by atoms with Gasteiger partial charge < -0.3 is 5.32 Å². The van der Waals surface area contributed by atoms with Gasteiger partial charge in [-0.2, -0.15) is 0 Å². The van der Waals surface area contributed by atoms with E-state index in [1.165, 1.54) is 17.7 Å². The summed E-state index contributed by atoms with van der Waals surface area (Å²) in [7, 11) is 0. The van der Waals surface area contributed by atoms with Crippen molar-refractivity contribution in [1.82, 2.24) is 15.3 Å². The number of hydrogen-bond acceptors (Lipinski definition) is 3. The van der Waals surface area contributed by atoms with E-state index in [0.717, 1.165) is 60.7 Å². The normalized spacial score (nSPS) is 14.0. The lowest BCUT2D eigenvalue weighted by molar-refractivity contribution is 0.614. The van der Waals surface area contributed by atoms with E-state index < -0.39 is 0 Å². The first-order valence-corrected chi connectivity index (χ1v) is 7.55. The number of hydrogen-bond donors (Lipinski definition) is 1. The van der Waals surface area contributed by atoms with Crippen LogP contribution in [-0.4, -0.2) is 16.5 Å². The third kappa shape index (κ3) is 2.81. The van der Waals surface area contributed by atoms with Crippen LogP contribution in [0.15, 0.2) is 18.2 Å². The van der Waals surface area contributed by atoms with Crippen molar-refractivity contribution in [3.05, 3.63) is 46.5 Å². The van der Waals surface area contributed by atoms with Crippen molar-refractivity contribution in [2.45, 2.75) is 39.7 Å². The van der Waals surface area contributed by atoms with Gasteiger partial charge in [-0.25, -0.2) is 14.4 Å². The second kappa shape index (κ2) is 5.90. The Morgan fingerprint density at radius 1 is 1.29 bits per heavy atom. The van der Waals surface area contributed by atoms with E-state index in [-0.39, 0.29) is 5.82 Å². The molecule has 2 heterocycles. The Balaban J connectivity index is 2.12. The van der Waals surface area contributed by atoms with Gasteiger partial charge in [0.15, 0.2) is 5.82 Å². The van der Waals surface area contributed by atoms with Crippen LogP contribution in [0.4, 0.5) is 4.39 Å². The molecule has 1 aliphatic rings. The molecule has 1 N–H and O–H groups in total. The summed E-state index contributed by atoms with van der Waals surface area (Å²) in [5.41, 5.74) is 5.35. The highest BCUT2D eigenvalue weighted by atomic mass is 19.1. The quantitative estimate of drug-likeness (QED) is 0.941. The zero-order chi connectivity index (χ0) is 14.8. The molecule has 110 valence electrons. The van der Waals surface area contributed by atoms with Gasteiger partial charge in [-0.05, 0) is 55.6 Å². The van der Waals surface area contributed by atoms with Gasteiger partial charge in [0.05, 0.1) is 5.69 Å². The van der Waals surface area contributed by atoms with Crippen LogP contribution >= 0.6 is 0 Å². The fourth-order valence-electron chi connectivity index (χ4n) is 2.88. The predicted octanol–water partition coefficient (Wildman–Crippen LogP) is 3.19. The number of nitrogens with one attached hydrogen (secondary N) is 1. The Labute approximate surface area is 124 Å². The maximum absolute atomic E-state index is 13.3. The Morgan fingerprint density at radius 2 is 2.14 bits per heavy atom. The maximum Gasteiger partial charge on any atom is 0.159 e. The minimum absolute atomic E-state index is 0.218. The summed E-state index contributed by atoms with van der Waals surface area (Å²) in [5.74, 6) is 0.503. The summed E-state index contributed by atoms with van der Waals surface area (Å²) < 4.78 is 13.3. The minimum Gasteiger partial charge on any atom is -0.311 e. The smallest absolute Gasteiger partial charge is 0.159 e. The van der Waals surface area contributed by atoms with Crippen LogP contribution in [-0.2, 0) is 19.4 Å². The maximum atomic E-state index is 13.3. The van der Waals surface area contributed by atoms with E-state index in [1.807, 2.05) is 6.92 Å². The zero-order valence-corrected chi connectivity index (χ0v) is 12.5. The number of aryl methyl sites for hydroxylation is 2. The molecule has 0 bridgehead atoms. The summed E-state index contributed by atoms with van der Waals surface area (Å²) in [6.45, 7) is 5.85. The van der Waals surface area contributed by atoms with Crippen molar-refractivity contribution in [3.63, 3.8) is 0 Å². The Hall–Kier alpha value is -1.81. The largest absolute Gasteiger partial charge is 0.311 e. The van der Waals surface area contributed by atoms with Gasteiger partial charge in [0, 0.05) is 17.8 Å². The molecule has 0 radical (unpaired) electrons. The lowest BCUT2D eigenvalue weighted by atomic mass is 10.0. The monoisotopic (exact) mass is 285 g/mol. The van der Waals surface area contributed by atoms with Gasteiger partial charge in [0.25, 0.3) is 0 Å². The average molecular weight is 285 g/mol. The highest BCUT2D eigenvalue weighted by molar-refractivity contribution is 5.60. The molecule has 1 aromatic heterocycles. The van der Waals surface area contributed by atoms with Crippen molar-refractivity contribution in [2.75, 3.05) is 6.54 Å². The number of nitrogens with zero attached hydrogens (tertiary/aromatic N) is 2. The first-order valence-electron chi connectivity index (χ1n) is 7.55. The second-order valence-electron chi connectivity index (χ2n) is 5.56. The van der Waals surface area contributed by atoms with Gasteiger partial charge in [0.2, 0.25) is 0 Å². The van der Waals surface area contributed by atoms with E-state index in [0.29, 0.717) is 0 Å². The summed E-state index contributed by atoms with van der Waals surface area (Å²) in [6.07, 6.45) is 3.03. The molecule has 1 aliphatic heterocycles. The molecule has 0 unspecified atom stereocenters. The van der Waals surface area contributed by atoms with Crippen LogP contribution in [0.2, 0.25) is 0 Å². The number of benzene rings is 1. The van der Waals surface area contributed by atoms with Gasteiger partial charge >= 0.3 is 0 Å². The van der Waals surface area contributed by atoms with E-state index in [2.05, 4.69) is 12.2 Å². The van der Waals surface area contributed by atoms with Crippen molar-refractivity contribution in [3.8, 4) is 11.4 Å². The lowest BCUT2D eigenvalue weighted by Gasteiger charge is -2.20. The molecule has 3 rings (SSSR count). The van der Waals surface area contributed by atoms with Crippen LogP contribution in [0.3, 0.4) is 0 Å². The highest BCUT2D eigenvalue weighted by Crippen LogP contribution is 2.25. The molecule has 21 heavy (non-hydrogen) atoms. The van der Waals surface area contributed by atoms with Gasteiger partial charge in [-0.3, -0.25) is 0 Å². The molecule has 4 heteroatoms. The van der Waals surface area contributed by atoms with Gasteiger partial charge in [0.1, 0.15) is 5.82 Å². The van der Waals surface area contributed by atoms with Crippen LogP contribution in [0.5, 0.6) is 0 Å². The number of halogens is 1. The van der Waals surface area contributed by atoms with E-state index in [9.17, 15) is 4.39 Å². The standard InChI is InChI=1S/C17H20FN3/c1-3-4-15-14-7-8-19-10-16(14)21-17(20-15)13-6-5-12(18)9-11(13)2/h5-6,9,19H,3-4,7-8,10H2,1-2H3. The van der Waals surface area contributed by atoms with Crippen LogP contribution < -0.4 is 5.32 Å². The first-order chi connectivity index (χ1) is 10.2. The third-order valence-corrected chi connectivity index (χ3v) is 3.94. The molecule has 0 aliphatic carbocycles. The van der Waals surface area contributed by atoms with E-state index >= 15 is 0 Å². The van der Waals surface area contributed by atoms with Crippen LogP contribution in [0.1, 0.15) is 35.9 Å². The fraction of sp³-hybridized carbons (Fsp3) is 0.412. The number of aromatic nitrogens is 2. The molecule has 0 spiro atoms. The lowest BCUT2D eigenvalue weighted by Crippen LogP contribution is -2.26. The number of rotatable bonds is 3. The molecule has 0 amide bonds. The zero-order valence-electron chi connectivity index (χ0n) is 12.5. The van der Waals surface area contributed by atoms with Gasteiger partial charge in [-0.1, -0.05) is 13.3 Å². The third-order valence-electron chi connectivity index (χ3n) is 3.94. The molecule has 3 nitrogen and oxygen atoms in total. The highest BCUT2D eigenvalue weighted by Gasteiger charge is 2.18. The van der Waals surface area contributed by atoms with Crippen molar-refractivity contribution in [2.24, 2.45) is 0 Å². The van der Waals surface area contributed by atoms with Gasteiger partial charge in [-0.15, -0.1) is 0 Å².